The predicted octanol–water partition coefficient (Wildman–Crippen LogP) is 2.05. The minimum Gasteiger partial charge on any atom is -0.466 e. The van der Waals surface area contributed by atoms with E-state index in [4.69, 9.17) is 4.74 Å². The Balaban J connectivity index is 2.71. The first-order valence-electron chi connectivity index (χ1n) is 5.20. The number of rotatable bonds is 4. The zero-order valence-electron chi connectivity index (χ0n) is 9.80. The van der Waals surface area contributed by atoms with Crippen LogP contribution in [0.25, 0.3) is 6.08 Å². The topological polar surface area (TPSA) is 52.6 Å². The van der Waals surface area contributed by atoms with Gasteiger partial charge in [-0.25, -0.2) is 9.59 Å². The van der Waals surface area contributed by atoms with Gasteiger partial charge in [0, 0.05) is 6.08 Å². The molecular formula is C13H14O4. The molecule has 0 N–H and O–H groups in total. The number of hydrogen-bond donors (Lipinski definition) is 0. The number of esters is 2. The van der Waals surface area contributed by atoms with Crippen molar-refractivity contribution in [1.29, 1.82) is 0 Å². The summed E-state index contributed by atoms with van der Waals surface area (Å²) < 4.78 is 9.32. The summed E-state index contributed by atoms with van der Waals surface area (Å²) in [5, 5.41) is 0. The quantitative estimate of drug-likeness (QED) is 0.591. The lowest BCUT2D eigenvalue weighted by molar-refractivity contribution is -0.134. The third kappa shape index (κ3) is 4.10. The van der Waals surface area contributed by atoms with Crippen LogP contribution in [0.15, 0.2) is 30.3 Å². The van der Waals surface area contributed by atoms with Gasteiger partial charge in [0.1, 0.15) is 0 Å². The highest BCUT2D eigenvalue weighted by atomic mass is 16.5. The Hall–Kier alpha value is -2.10. The minimum atomic E-state index is -0.417. The van der Waals surface area contributed by atoms with Crippen molar-refractivity contribution in [2.75, 3.05) is 13.7 Å². The van der Waals surface area contributed by atoms with Gasteiger partial charge in [-0.05, 0) is 30.7 Å². The number of ether oxygens (including phenoxy) is 2. The SMILES string of the molecule is CCOC(=O)c1ccc(/C=C\C(=O)OC)cc1. The standard InChI is InChI=1S/C13H14O4/c1-3-17-13(15)11-7-4-10(5-8-11)6-9-12(14)16-2/h4-9H,3H2,1-2H3/b9-6-. The van der Waals surface area contributed by atoms with Crippen molar-refractivity contribution < 1.29 is 19.1 Å². The molecule has 0 heterocycles. The first kappa shape index (κ1) is 13.0. The van der Waals surface area contributed by atoms with Gasteiger partial charge in [0.05, 0.1) is 19.3 Å². The van der Waals surface area contributed by atoms with E-state index in [-0.39, 0.29) is 5.97 Å². The lowest BCUT2D eigenvalue weighted by atomic mass is 10.1. The van der Waals surface area contributed by atoms with Crippen LogP contribution in [0.2, 0.25) is 0 Å². The number of benzene rings is 1. The molecule has 17 heavy (non-hydrogen) atoms. The summed E-state index contributed by atoms with van der Waals surface area (Å²) >= 11 is 0. The smallest absolute Gasteiger partial charge is 0.338 e. The summed E-state index contributed by atoms with van der Waals surface area (Å²) in [6.45, 7) is 2.11. The number of methoxy groups -OCH3 is 1. The molecule has 0 aliphatic rings. The summed E-state index contributed by atoms with van der Waals surface area (Å²) in [6, 6.07) is 6.75. The van der Waals surface area contributed by atoms with Crippen LogP contribution in [0, 0.1) is 0 Å². The third-order valence-corrected chi connectivity index (χ3v) is 2.03. The molecule has 0 fully saturated rings. The van der Waals surface area contributed by atoms with Crippen LogP contribution in [0.5, 0.6) is 0 Å². The minimum absolute atomic E-state index is 0.350. The molecule has 4 nitrogen and oxygen atoms in total. The van der Waals surface area contributed by atoms with Crippen molar-refractivity contribution in [3.63, 3.8) is 0 Å². The van der Waals surface area contributed by atoms with E-state index in [9.17, 15) is 9.59 Å². The molecule has 0 radical (unpaired) electrons. The predicted molar refractivity (Wildman–Crippen MR) is 63.4 cm³/mol. The van der Waals surface area contributed by atoms with Gasteiger partial charge in [-0.15, -0.1) is 0 Å². The van der Waals surface area contributed by atoms with Gasteiger partial charge < -0.3 is 9.47 Å². The molecule has 0 spiro atoms. The Kier molecular flexibility index (Phi) is 4.94. The van der Waals surface area contributed by atoms with E-state index in [2.05, 4.69) is 4.74 Å². The van der Waals surface area contributed by atoms with Crippen molar-refractivity contribution in [2.45, 2.75) is 6.92 Å². The molecule has 0 aliphatic carbocycles. The molecule has 0 saturated carbocycles. The lowest BCUT2D eigenvalue weighted by Gasteiger charge is -2.01. The van der Waals surface area contributed by atoms with Crippen LogP contribution in [0.1, 0.15) is 22.8 Å². The fraction of sp³-hybridized carbons (Fsp3) is 0.231. The number of hydrogen-bond acceptors (Lipinski definition) is 4. The average molecular weight is 234 g/mol. The van der Waals surface area contributed by atoms with Crippen LogP contribution < -0.4 is 0 Å². The Morgan fingerprint density at radius 3 is 2.41 bits per heavy atom. The van der Waals surface area contributed by atoms with Gasteiger partial charge in [0.15, 0.2) is 0 Å². The van der Waals surface area contributed by atoms with Crippen molar-refractivity contribution in [3.05, 3.63) is 41.5 Å². The van der Waals surface area contributed by atoms with Crippen LogP contribution in [-0.4, -0.2) is 25.7 Å². The first-order chi connectivity index (χ1) is 8.17. The molecule has 0 amide bonds. The summed E-state index contributed by atoms with van der Waals surface area (Å²) in [4.78, 5) is 22.2. The van der Waals surface area contributed by atoms with Crippen LogP contribution in [0.4, 0.5) is 0 Å². The van der Waals surface area contributed by atoms with Gasteiger partial charge in [0.2, 0.25) is 0 Å². The second-order valence-electron chi connectivity index (χ2n) is 3.20. The monoisotopic (exact) mass is 234 g/mol. The zero-order chi connectivity index (χ0) is 12.7. The van der Waals surface area contributed by atoms with E-state index in [1.165, 1.54) is 13.2 Å². The average Bonchev–Trinajstić information content (AvgIpc) is 2.36. The summed E-state index contributed by atoms with van der Waals surface area (Å²) in [5.74, 6) is -0.768. The fourth-order valence-electron chi connectivity index (χ4n) is 1.18. The van der Waals surface area contributed by atoms with E-state index < -0.39 is 5.97 Å². The zero-order valence-corrected chi connectivity index (χ0v) is 9.80. The second kappa shape index (κ2) is 6.48. The van der Waals surface area contributed by atoms with Crippen LogP contribution in [0.3, 0.4) is 0 Å². The maximum Gasteiger partial charge on any atom is 0.338 e. The van der Waals surface area contributed by atoms with Gasteiger partial charge in [-0.3, -0.25) is 0 Å². The van der Waals surface area contributed by atoms with Gasteiger partial charge in [0.25, 0.3) is 0 Å². The van der Waals surface area contributed by atoms with Crippen LogP contribution in [-0.2, 0) is 14.3 Å². The normalized spacial score (nSPS) is 10.2. The Bertz CT molecular complexity index is 418. The van der Waals surface area contributed by atoms with Gasteiger partial charge >= 0.3 is 11.9 Å². The molecule has 90 valence electrons. The van der Waals surface area contributed by atoms with Gasteiger partial charge in [-0.2, -0.15) is 0 Å². The van der Waals surface area contributed by atoms with Crippen molar-refractivity contribution in [2.24, 2.45) is 0 Å². The maximum atomic E-state index is 11.4. The Morgan fingerprint density at radius 2 is 1.88 bits per heavy atom. The van der Waals surface area contributed by atoms with Crippen molar-refractivity contribution in [3.8, 4) is 0 Å². The van der Waals surface area contributed by atoms with Crippen molar-refractivity contribution >= 4 is 18.0 Å². The lowest BCUT2D eigenvalue weighted by Crippen LogP contribution is -2.04. The maximum absolute atomic E-state index is 11.4. The molecule has 0 aromatic heterocycles. The highest BCUT2D eigenvalue weighted by Crippen LogP contribution is 2.07. The van der Waals surface area contributed by atoms with E-state index >= 15 is 0 Å². The molecule has 0 unspecified atom stereocenters. The fourth-order valence-corrected chi connectivity index (χ4v) is 1.18. The Labute approximate surface area is 99.8 Å². The molecule has 0 atom stereocenters. The second-order valence-corrected chi connectivity index (χ2v) is 3.20. The summed E-state index contributed by atoms with van der Waals surface area (Å²) in [7, 11) is 1.32. The number of carbonyl (C=O) groups is 2. The summed E-state index contributed by atoms with van der Waals surface area (Å²) in [6.07, 6.45) is 2.93. The highest BCUT2D eigenvalue weighted by molar-refractivity contribution is 5.90. The van der Waals surface area contributed by atoms with E-state index in [0.29, 0.717) is 12.2 Å². The molecule has 1 aromatic rings. The molecule has 0 aliphatic heterocycles. The summed E-state index contributed by atoms with van der Waals surface area (Å²) in [5.41, 5.74) is 1.30. The molecule has 4 heteroatoms. The molecular weight excluding hydrogens is 220 g/mol. The third-order valence-electron chi connectivity index (χ3n) is 2.03. The largest absolute Gasteiger partial charge is 0.466 e. The first-order valence-corrected chi connectivity index (χ1v) is 5.20. The van der Waals surface area contributed by atoms with Crippen LogP contribution >= 0.6 is 0 Å². The Morgan fingerprint density at radius 1 is 1.24 bits per heavy atom. The van der Waals surface area contributed by atoms with Gasteiger partial charge in [-0.1, -0.05) is 12.1 Å². The molecule has 0 saturated heterocycles. The van der Waals surface area contributed by atoms with E-state index in [1.807, 2.05) is 0 Å². The molecule has 0 bridgehead atoms. The number of carbonyl (C=O) groups excluding carboxylic acids is 2. The highest BCUT2D eigenvalue weighted by Gasteiger charge is 2.04. The van der Waals surface area contributed by atoms with Crippen molar-refractivity contribution in [1.82, 2.24) is 0 Å². The van der Waals surface area contributed by atoms with E-state index in [1.54, 1.807) is 37.3 Å². The van der Waals surface area contributed by atoms with E-state index in [0.717, 1.165) is 5.56 Å². The molecule has 1 aromatic carbocycles. The molecule has 1 rings (SSSR count).